The fraction of sp³-hybridized carbons (Fsp3) is 0.320. The molecule has 1 aliphatic heterocycles. The van der Waals surface area contributed by atoms with E-state index in [1.54, 1.807) is 38.6 Å². The molecule has 0 saturated carbocycles. The standard InChI is InChI=1S/C25H28N4O3/c1-17-6-8-18(9-7-17)24-26-13-12-23(28-24)29-14-4-5-19(16-29)25(30)27-21-11-10-20(31-2)15-22(21)32-3/h6-13,15,19H,4-5,14,16H2,1-3H3,(H,27,30). The van der Waals surface area contributed by atoms with E-state index in [9.17, 15) is 4.79 Å². The number of nitrogens with zero attached hydrogens (tertiary/aromatic N) is 3. The Hall–Kier alpha value is -3.61. The second-order valence-corrected chi connectivity index (χ2v) is 7.95. The lowest BCUT2D eigenvalue weighted by Gasteiger charge is -2.33. The number of carbonyl (C=O) groups is 1. The first-order chi connectivity index (χ1) is 15.6. The van der Waals surface area contributed by atoms with Crippen LogP contribution in [0.15, 0.2) is 54.7 Å². The van der Waals surface area contributed by atoms with Crippen LogP contribution in [0.5, 0.6) is 11.5 Å². The van der Waals surface area contributed by atoms with E-state index >= 15 is 0 Å². The zero-order valence-corrected chi connectivity index (χ0v) is 18.7. The number of hydrogen-bond donors (Lipinski definition) is 1. The molecule has 1 aromatic heterocycles. The van der Waals surface area contributed by atoms with Gasteiger partial charge in [0.1, 0.15) is 17.3 Å². The van der Waals surface area contributed by atoms with E-state index in [4.69, 9.17) is 14.5 Å². The third-order valence-electron chi connectivity index (χ3n) is 5.73. The van der Waals surface area contributed by atoms with Crippen LogP contribution in [-0.4, -0.2) is 43.2 Å². The van der Waals surface area contributed by atoms with Gasteiger partial charge in [-0.05, 0) is 38.0 Å². The van der Waals surface area contributed by atoms with Gasteiger partial charge in [0, 0.05) is 30.9 Å². The normalized spacial score (nSPS) is 15.8. The second kappa shape index (κ2) is 9.68. The number of rotatable bonds is 6. The SMILES string of the molecule is COc1ccc(NC(=O)C2CCCN(c3ccnc(-c4ccc(C)cc4)n3)C2)c(OC)c1. The topological polar surface area (TPSA) is 76.6 Å². The predicted octanol–water partition coefficient (Wildman–Crippen LogP) is 4.32. The van der Waals surface area contributed by atoms with Crippen molar-refractivity contribution in [2.75, 3.05) is 37.5 Å². The minimum absolute atomic E-state index is 0.0222. The number of hydrogen-bond acceptors (Lipinski definition) is 6. The van der Waals surface area contributed by atoms with Crippen LogP contribution in [0.4, 0.5) is 11.5 Å². The van der Waals surface area contributed by atoms with Crippen molar-refractivity contribution in [2.24, 2.45) is 5.92 Å². The van der Waals surface area contributed by atoms with E-state index in [1.807, 2.05) is 18.2 Å². The van der Waals surface area contributed by atoms with Crippen LogP contribution in [-0.2, 0) is 4.79 Å². The maximum absolute atomic E-state index is 13.0. The summed E-state index contributed by atoms with van der Waals surface area (Å²) in [6.45, 7) is 3.52. The summed E-state index contributed by atoms with van der Waals surface area (Å²) < 4.78 is 10.6. The number of ether oxygens (including phenoxy) is 2. The summed E-state index contributed by atoms with van der Waals surface area (Å²) in [6, 6.07) is 15.4. The van der Waals surface area contributed by atoms with Gasteiger partial charge in [0.25, 0.3) is 0 Å². The minimum Gasteiger partial charge on any atom is -0.497 e. The number of benzene rings is 2. The van der Waals surface area contributed by atoms with Crippen molar-refractivity contribution in [3.05, 3.63) is 60.3 Å². The van der Waals surface area contributed by atoms with Gasteiger partial charge in [-0.25, -0.2) is 9.97 Å². The van der Waals surface area contributed by atoms with Gasteiger partial charge in [0.2, 0.25) is 5.91 Å². The van der Waals surface area contributed by atoms with Crippen molar-refractivity contribution in [1.82, 2.24) is 9.97 Å². The van der Waals surface area contributed by atoms with Gasteiger partial charge in [0.05, 0.1) is 25.8 Å². The Morgan fingerprint density at radius 2 is 1.91 bits per heavy atom. The van der Waals surface area contributed by atoms with Gasteiger partial charge in [0.15, 0.2) is 5.82 Å². The lowest BCUT2D eigenvalue weighted by molar-refractivity contribution is -0.120. The fourth-order valence-corrected chi connectivity index (χ4v) is 3.90. The van der Waals surface area contributed by atoms with Gasteiger partial charge < -0.3 is 19.7 Å². The van der Waals surface area contributed by atoms with Crippen molar-refractivity contribution < 1.29 is 14.3 Å². The molecule has 1 amide bonds. The summed E-state index contributed by atoms with van der Waals surface area (Å²) in [5.74, 6) is 2.62. The molecule has 7 nitrogen and oxygen atoms in total. The van der Waals surface area contributed by atoms with Gasteiger partial charge in [-0.2, -0.15) is 0 Å². The number of aromatic nitrogens is 2. The Morgan fingerprint density at radius 1 is 1.09 bits per heavy atom. The highest BCUT2D eigenvalue weighted by Crippen LogP contribution is 2.30. The Kier molecular flexibility index (Phi) is 6.54. The molecule has 0 radical (unpaired) electrons. The molecule has 2 aromatic carbocycles. The van der Waals surface area contributed by atoms with Crippen LogP contribution < -0.4 is 19.7 Å². The summed E-state index contributed by atoms with van der Waals surface area (Å²) in [5, 5.41) is 3.02. The number of methoxy groups -OCH3 is 2. The summed E-state index contributed by atoms with van der Waals surface area (Å²) >= 11 is 0. The van der Waals surface area contributed by atoms with Crippen molar-refractivity contribution >= 4 is 17.4 Å². The van der Waals surface area contributed by atoms with Crippen molar-refractivity contribution in [3.63, 3.8) is 0 Å². The molecule has 32 heavy (non-hydrogen) atoms. The molecule has 1 unspecified atom stereocenters. The first-order valence-corrected chi connectivity index (χ1v) is 10.8. The smallest absolute Gasteiger partial charge is 0.229 e. The molecule has 0 aliphatic carbocycles. The average Bonchev–Trinajstić information content (AvgIpc) is 2.85. The van der Waals surface area contributed by atoms with Crippen LogP contribution >= 0.6 is 0 Å². The highest BCUT2D eigenvalue weighted by molar-refractivity contribution is 5.94. The van der Waals surface area contributed by atoms with Gasteiger partial charge in [-0.1, -0.05) is 29.8 Å². The van der Waals surface area contributed by atoms with E-state index in [1.165, 1.54) is 5.56 Å². The van der Waals surface area contributed by atoms with Gasteiger partial charge in [-0.15, -0.1) is 0 Å². The number of aryl methyl sites for hydroxylation is 1. The molecule has 1 fully saturated rings. The first-order valence-electron chi connectivity index (χ1n) is 10.8. The Morgan fingerprint density at radius 3 is 2.66 bits per heavy atom. The van der Waals surface area contributed by atoms with Gasteiger partial charge in [-0.3, -0.25) is 4.79 Å². The maximum Gasteiger partial charge on any atom is 0.229 e. The quantitative estimate of drug-likeness (QED) is 0.625. The molecule has 1 N–H and O–H groups in total. The summed E-state index contributed by atoms with van der Waals surface area (Å²) in [6.07, 6.45) is 3.53. The number of nitrogens with one attached hydrogen (secondary N) is 1. The largest absolute Gasteiger partial charge is 0.497 e. The molecule has 2 heterocycles. The predicted molar refractivity (Wildman–Crippen MR) is 125 cm³/mol. The highest BCUT2D eigenvalue weighted by atomic mass is 16.5. The molecule has 7 heteroatoms. The molecular weight excluding hydrogens is 404 g/mol. The highest BCUT2D eigenvalue weighted by Gasteiger charge is 2.27. The van der Waals surface area contributed by atoms with Crippen molar-refractivity contribution in [1.29, 1.82) is 0 Å². The maximum atomic E-state index is 13.0. The second-order valence-electron chi connectivity index (χ2n) is 7.95. The zero-order valence-electron chi connectivity index (χ0n) is 18.7. The van der Waals surface area contributed by atoms with E-state index in [2.05, 4.69) is 34.3 Å². The van der Waals surface area contributed by atoms with E-state index in [0.29, 0.717) is 29.6 Å². The van der Waals surface area contributed by atoms with Crippen molar-refractivity contribution in [3.8, 4) is 22.9 Å². The summed E-state index contributed by atoms with van der Waals surface area (Å²) in [4.78, 5) is 24.4. The molecule has 1 aliphatic rings. The van der Waals surface area contributed by atoms with Crippen LogP contribution in [0, 0.1) is 12.8 Å². The third kappa shape index (κ3) is 4.82. The Balaban J connectivity index is 1.47. The summed E-state index contributed by atoms with van der Waals surface area (Å²) in [7, 11) is 3.18. The van der Waals surface area contributed by atoms with Crippen LogP contribution in [0.2, 0.25) is 0 Å². The van der Waals surface area contributed by atoms with E-state index in [0.717, 1.165) is 30.8 Å². The molecule has 166 valence electrons. The number of piperidine rings is 1. The third-order valence-corrected chi connectivity index (χ3v) is 5.73. The van der Waals surface area contributed by atoms with Crippen LogP contribution in [0.3, 0.4) is 0 Å². The average molecular weight is 433 g/mol. The molecule has 1 saturated heterocycles. The first kappa shape index (κ1) is 21.6. The Labute approximate surface area is 188 Å². The molecule has 0 bridgehead atoms. The fourth-order valence-electron chi connectivity index (χ4n) is 3.90. The van der Waals surface area contributed by atoms with E-state index < -0.39 is 0 Å². The molecular formula is C25H28N4O3. The van der Waals surface area contributed by atoms with Gasteiger partial charge >= 0.3 is 0 Å². The minimum atomic E-state index is -0.145. The van der Waals surface area contributed by atoms with Crippen molar-refractivity contribution in [2.45, 2.75) is 19.8 Å². The molecule has 3 aromatic rings. The van der Waals surface area contributed by atoms with Crippen LogP contribution in [0.1, 0.15) is 18.4 Å². The summed E-state index contributed by atoms with van der Waals surface area (Å²) in [5.41, 5.74) is 2.82. The monoisotopic (exact) mass is 432 g/mol. The Bertz CT molecular complexity index is 1080. The lowest BCUT2D eigenvalue weighted by atomic mass is 9.97. The number of carbonyl (C=O) groups excluding carboxylic acids is 1. The zero-order chi connectivity index (χ0) is 22.5. The molecule has 0 spiro atoms. The van der Waals surface area contributed by atoms with Crippen LogP contribution in [0.25, 0.3) is 11.4 Å². The molecule has 1 atom stereocenters. The lowest BCUT2D eigenvalue weighted by Crippen LogP contribution is -2.41. The van der Waals surface area contributed by atoms with E-state index in [-0.39, 0.29) is 11.8 Å². The number of amides is 1. The molecule has 4 rings (SSSR count). The number of anilines is 2.